The smallest absolute Gasteiger partial charge is 0.240 e. The maximum atomic E-state index is 11.3. The Bertz CT molecular complexity index is 437. The van der Waals surface area contributed by atoms with Crippen molar-refractivity contribution in [1.82, 2.24) is 9.97 Å². The summed E-state index contributed by atoms with van der Waals surface area (Å²) in [6.45, 7) is 0.729. The van der Waals surface area contributed by atoms with Gasteiger partial charge in [-0.1, -0.05) is 0 Å². The molecule has 0 aromatic carbocycles. The van der Waals surface area contributed by atoms with Gasteiger partial charge in [0.05, 0.1) is 7.11 Å². The van der Waals surface area contributed by atoms with Crippen molar-refractivity contribution in [2.45, 2.75) is 18.9 Å². The molecule has 1 amide bonds. The Balaban J connectivity index is 2.32. The van der Waals surface area contributed by atoms with E-state index in [4.69, 9.17) is 16.2 Å². The van der Waals surface area contributed by atoms with Gasteiger partial charge in [0.15, 0.2) is 0 Å². The first kappa shape index (κ1) is 11.4. The monoisotopic (exact) mass is 237 g/mol. The zero-order valence-corrected chi connectivity index (χ0v) is 9.59. The fourth-order valence-corrected chi connectivity index (χ4v) is 2.02. The number of amides is 1. The van der Waals surface area contributed by atoms with E-state index in [2.05, 4.69) is 9.97 Å². The topological polar surface area (TPSA) is 107 Å². The first-order chi connectivity index (χ1) is 8.11. The minimum atomic E-state index is -0.348. The van der Waals surface area contributed by atoms with Crippen molar-refractivity contribution < 1.29 is 9.53 Å². The van der Waals surface area contributed by atoms with Crippen molar-refractivity contribution in [3.05, 3.63) is 6.07 Å². The molecule has 1 unspecified atom stereocenters. The normalized spacial score (nSPS) is 19.4. The Morgan fingerprint density at radius 2 is 2.35 bits per heavy atom. The van der Waals surface area contributed by atoms with Gasteiger partial charge in [0.25, 0.3) is 0 Å². The number of primary amides is 1. The van der Waals surface area contributed by atoms with E-state index >= 15 is 0 Å². The molecule has 1 aromatic heterocycles. The van der Waals surface area contributed by atoms with E-state index in [1.54, 1.807) is 6.07 Å². The zero-order valence-electron chi connectivity index (χ0n) is 9.59. The quantitative estimate of drug-likeness (QED) is 0.735. The van der Waals surface area contributed by atoms with Gasteiger partial charge in [-0.05, 0) is 12.8 Å². The summed E-state index contributed by atoms with van der Waals surface area (Å²) in [4.78, 5) is 21.1. The van der Waals surface area contributed by atoms with E-state index in [0.717, 1.165) is 19.4 Å². The van der Waals surface area contributed by atoms with Gasteiger partial charge in [-0.3, -0.25) is 4.79 Å². The summed E-state index contributed by atoms with van der Waals surface area (Å²) in [5.41, 5.74) is 10.9. The van der Waals surface area contributed by atoms with Gasteiger partial charge in [-0.15, -0.1) is 0 Å². The Morgan fingerprint density at radius 1 is 1.59 bits per heavy atom. The van der Waals surface area contributed by atoms with Crippen LogP contribution in [-0.4, -0.2) is 35.6 Å². The molecular weight excluding hydrogens is 222 g/mol. The molecule has 2 rings (SSSR count). The number of aromatic nitrogens is 2. The third-order valence-corrected chi connectivity index (χ3v) is 2.79. The van der Waals surface area contributed by atoms with Crippen molar-refractivity contribution in [3.8, 4) is 5.88 Å². The van der Waals surface area contributed by atoms with E-state index in [1.165, 1.54) is 7.11 Å². The predicted molar refractivity (Wildman–Crippen MR) is 62.6 cm³/mol. The largest absolute Gasteiger partial charge is 0.481 e. The number of hydrogen-bond donors (Lipinski definition) is 2. The number of anilines is 2. The number of nitrogens with two attached hydrogens (primary N) is 2. The van der Waals surface area contributed by atoms with Crippen LogP contribution in [0.1, 0.15) is 12.8 Å². The molecule has 0 saturated carbocycles. The zero-order chi connectivity index (χ0) is 12.4. The molecule has 0 spiro atoms. The fraction of sp³-hybridized carbons (Fsp3) is 0.500. The molecule has 17 heavy (non-hydrogen) atoms. The Morgan fingerprint density at radius 3 is 3.00 bits per heavy atom. The molecule has 1 aromatic rings. The van der Waals surface area contributed by atoms with Crippen molar-refractivity contribution in [1.29, 1.82) is 0 Å². The lowest BCUT2D eigenvalue weighted by Gasteiger charge is -2.23. The molecule has 1 aliphatic rings. The van der Waals surface area contributed by atoms with Crippen LogP contribution in [0.2, 0.25) is 0 Å². The molecular formula is C10H15N5O2. The van der Waals surface area contributed by atoms with Crippen LogP contribution in [0, 0.1) is 0 Å². The first-order valence-corrected chi connectivity index (χ1v) is 5.36. The van der Waals surface area contributed by atoms with E-state index in [9.17, 15) is 4.79 Å². The molecule has 0 radical (unpaired) electrons. The summed E-state index contributed by atoms with van der Waals surface area (Å²) in [5.74, 6) is 0.728. The van der Waals surface area contributed by atoms with Gasteiger partial charge in [0.1, 0.15) is 11.9 Å². The second-order valence-electron chi connectivity index (χ2n) is 3.88. The summed E-state index contributed by atoms with van der Waals surface area (Å²) in [6, 6.07) is 1.33. The van der Waals surface area contributed by atoms with Crippen molar-refractivity contribution in [2.24, 2.45) is 5.73 Å². The molecule has 1 aliphatic heterocycles. The standard InChI is InChI=1S/C10H15N5O2/c1-17-8-5-7(13-10(12)14-8)15-4-2-3-6(15)9(11)16/h5-6H,2-4H2,1H3,(H2,11,16)(H2,12,13,14). The van der Waals surface area contributed by atoms with E-state index in [0.29, 0.717) is 11.7 Å². The molecule has 0 aliphatic carbocycles. The highest BCUT2D eigenvalue weighted by Crippen LogP contribution is 2.26. The predicted octanol–water partition coefficient (Wildman–Crippen LogP) is -0.478. The Kier molecular flexibility index (Phi) is 2.99. The third kappa shape index (κ3) is 2.22. The highest BCUT2D eigenvalue weighted by molar-refractivity contribution is 5.84. The molecule has 0 bridgehead atoms. The highest BCUT2D eigenvalue weighted by atomic mass is 16.5. The molecule has 92 valence electrons. The van der Waals surface area contributed by atoms with Crippen LogP contribution in [0.25, 0.3) is 0 Å². The molecule has 2 heterocycles. The number of hydrogen-bond acceptors (Lipinski definition) is 6. The van der Waals surface area contributed by atoms with Crippen LogP contribution < -0.4 is 21.1 Å². The second kappa shape index (κ2) is 4.44. The van der Waals surface area contributed by atoms with Crippen molar-refractivity contribution in [2.75, 3.05) is 24.3 Å². The lowest BCUT2D eigenvalue weighted by Crippen LogP contribution is -2.40. The van der Waals surface area contributed by atoms with Gasteiger partial charge >= 0.3 is 0 Å². The average molecular weight is 237 g/mol. The number of methoxy groups -OCH3 is 1. The second-order valence-corrected chi connectivity index (χ2v) is 3.88. The van der Waals surface area contributed by atoms with Crippen LogP contribution in [0.15, 0.2) is 6.07 Å². The third-order valence-electron chi connectivity index (χ3n) is 2.79. The minimum absolute atomic E-state index is 0.120. The van der Waals surface area contributed by atoms with Gasteiger partial charge in [0.2, 0.25) is 17.7 Å². The maximum absolute atomic E-state index is 11.3. The van der Waals surface area contributed by atoms with Crippen LogP contribution in [0.5, 0.6) is 5.88 Å². The number of carbonyl (C=O) groups is 1. The van der Waals surface area contributed by atoms with Crippen LogP contribution in [0.3, 0.4) is 0 Å². The van der Waals surface area contributed by atoms with Gasteiger partial charge in [-0.2, -0.15) is 9.97 Å². The number of nitrogens with zero attached hydrogens (tertiary/aromatic N) is 3. The van der Waals surface area contributed by atoms with Crippen LogP contribution in [-0.2, 0) is 4.79 Å². The van der Waals surface area contributed by atoms with Gasteiger partial charge in [0, 0.05) is 12.6 Å². The molecule has 7 heteroatoms. The summed E-state index contributed by atoms with van der Waals surface area (Å²) in [5, 5.41) is 0. The summed E-state index contributed by atoms with van der Waals surface area (Å²) >= 11 is 0. The van der Waals surface area contributed by atoms with E-state index in [-0.39, 0.29) is 17.9 Å². The average Bonchev–Trinajstić information content (AvgIpc) is 2.77. The lowest BCUT2D eigenvalue weighted by atomic mass is 10.2. The van der Waals surface area contributed by atoms with Crippen LogP contribution >= 0.6 is 0 Å². The number of rotatable bonds is 3. The highest BCUT2D eigenvalue weighted by Gasteiger charge is 2.30. The summed E-state index contributed by atoms with van der Waals surface area (Å²) < 4.78 is 5.02. The molecule has 7 nitrogen and oxygen atoms in total. The van der Waals surface area contributed by atoms with Crippen molar-refractivity contribution in [3.63, 3.8) is 0 Å². The first-order valence-electron chi connectivity index (χ1n) is 5.36. The number of nitrogen functional groups attached to an aromatic ring is 1. The Hall–Kier alpha value is -2.05. The SMILES string of the molecule is COc1cc(N2CCCC2C(N)=O)nc(N)n1. The fourth-order valence-electron chi connectivity index (χ4n) is 2.02. The molecule has 4 N–H and O–H groups in total. The lowest BCUT2D eigenvalue weighted by molar-refractivity contribution is -0.119. The van der Waals surface area contributed by atoms with Crippen molar-refractivity contribution >= 4 is 17.7 Å². The van der Waals surface area contributed by atoms with Crippen LogP contribution in [0.4, 0.5) is 11.8 Å². The Labute approximate surface area is 98.8 Å². The molecule has 1 saturated heterocycles. The van der Waals surface area contributed by atoms with Gasteiger partial charge in [-0.25, -0.2) is 0 Å². The van der Waals surface area contributed by atoms with E-state index in [1.807, 2.05) is 4.90 Å². The summed E-state index contributed by atoms with van der Waals surface area (Å²) in [7, 11) is 1.50. The number of ether oxygens (including phenoxy) is 1. The minimum Gasteiger partial charge on any atom is -0.481 e. The summed E-state index contributed by atoms with van der Waals surface area (Å²) in [6.07, 6.45) is 1.64. The van der Waals surface area contributed by atoms with Gasteiger partial charge < -0.3 is 21.1 Å². The number of carbonyl (C=O) groups excluding carboxylic acids is 1. The van der Waals surface area contributed by atoms with E-state index < -0.39 is 0 Å². The maximum Gasteiger partial charge on any atom is 0.240 e. The molecule has 1 atom stereocenters. The molecule has 1 fully saturated rings.